The molecule has 2 aromatic rings. The summed E-state index contributed by atoms with van der Waals surface area (Å²) in [6.07, 6.45) is 0. The SMILES string of the molecule is Cc1nc2c(n1Cc1ccccc1)C(=O)N(C)C1=NC(C)(C)C(C)N12. The highest BCUT2D eigenvalue weighted by atomic mass is 16.2. The number of nitrogens with zero attached hydrogens (tertiary/aromatic N) is 5. The van der Waals surface area contributed by atoms with Gasteiger partial charge in [-0.2, -0.15) is 0 Å². The fraction of sp³-hybridized carbons (Fsp3) is 0.421. The minimum absolute atomic E-state index is 0.0496. The van der Waals surface area contributed by atoms with Gasteiger partial charge in [-0.25, -0.2) is 9.98 Å². The van der Waals surface area contributed by atoms with E-state index in [-0.39, 0.29) is 17.5 Å². The summed E-state index contributed by atoms with van der Waals surface area (Å²) in [7, 11) is 1.79. The normalized spacial score (nSPS) is 21.2. The van der Waals surface area contributed by atoms with Crippen LogP contribution in [0.5, 0.6) is 0 Å². The molecule has 0 fully saturated rings. The molecule has 6 nitrogen and oxygen atoms in total. The lowest BCUT2D eigenvalue weighted by Gasteiger charge is -2.35. The summed E-state index contributed by atoms with van der Waals surface area (Å²) >= 11 is 0. The van der Waals surface area contributed by atoms with Crippen LogP contribution in [0.1, 0.15) is 42.6 Å². The molecule has 2 aliphatic heterocycles. The molecule has 0 saturated heterocycles. The first-order valence-electron chi connectivity index (χ1n) is 8.59. The van der Waals surface area contributed by atoms with E-state index in [2.05, 4.69) is 37.8 Å². The molecule has 0 aliphatic carbocycles. The quantitative estimate of drug-likeness (QED) is 0.846. The minimum Gasteiger partial charge on any atom is -0.318 e. The summed E-state index contributed by atoms with van der Waals surface area (Å²) < 4.78 is 2.01. The maximum atomic E-state index is 13.1. The number of hydrogen-bond donors (Lipinski definition) is 0. The van der Waals surface area contributed by atoms with Gasteiger partial charge in [-0.1, -0.05) is 30.3 Å². The first-order chi connectivity index (χ1) is 11.8. The number of fused-ring (bicyclic) bond motifs is 3. The van der Waals surface area contributed by atoms with Gasteiger partial charge in [0.15, 0.2) is 11.5 Å². The average molecular weight is 337 g/mol. The van der Waals surface area contributed by atoms with Gasteiger partial charge in [-0.15, -0.1) is 0 Å². The standard InChI is InChI=1S/C19H23N5O/c1-12-19(3,4)21-18-22(5)17(25)15-16(24(12)18)20-13(2)23(15)11-14-9-7-6-8-10-14/h6-10,12H,11H2,1-5H3. The molecule has 6 heteroatoms. The fourth-order valence-electron chi connectivity index (χ4n) is 3.55. The Morgan fingerprint density at radius 2 is 1.88 bits per heavy atom. The van der Waals surface area contributed by atoms with Gasteiger partial charge in [-0.05, 0) is 33.3 Å². The Bertz CT molecular complexity index is 881. The fourth-order valence-corrected chi connectivity index (χ4v) is 3.55. The van der Waals surface area contributed by atoms with Crippen molar-refractivity contribution in [1.29, 1.82) is 0 Å². The van der Waals surface area contributed by atoms with E-state index in [0.717, 1.165) is 17.2 Å². The van der Waals surface area contributed by atoms with Crippen LogP contribution in [0.15, 0.2) is 35.3 Å². The molecular weight excluding hydrogens is 314 g/mol. The lowest BCUT2D eigenvalue weighted by molar-refractivity contribution is 0.0855. The van der Waals surface area contributed by atoms with Crippen LogP contribution in [0, 0.1) is 6.92 Å². The lowest BCUT2D eigenvalue weighted by Crippen LogP contribution is -2.52. The van der Waals surface area contributed by atoms with Gasteiger partial charge >= 0.3 is 0 Å². The smallest absolute Gasteiger partial charge is 0.280 e. The molecule has 1 atom stereocenters. The van der Waals surface area contributed by atoms with E-state index >= 15 is 0 Å². The summed E-state index contributed by atoms with van der Waals surface area (Å²) in [5.74, 6) is 2.22. The van der Waals surface area contributed by atoms with Gasteiger partial charge in [0.05, 0.1) is 11.6 Å². The van der Waals surface area contributed by atoms with E-state index < -0.39 is 0 Å². The average Bonchev–Trinajstić information content (AvgIpc) is 3.01. The number of aliphatic imine (C=N–C) groups is 1. The van der Waals surface area contributed by atoms with Crippen molar-refractivity contribution in [1.82, 2.24) is 14.5 Å². The van der Waals surface area contributed by atoms with Crippen molar-refractivity contribution < 1.29 is 4.79 Å². The third-order valence-electron chi connectivity index (χ3n) is 5.37. The van der Waals surface area contributed by atoms with Crippen molar-refractivity contribution in [2.45, 2.75) is 45.8 Å². The summed E-state index contributed by atoms with van der Waals surface area (Å²) in [6.45, 7) is 8.91. The van der Waals surface area contributed by atoms with Gasteiger partial charge in [0.25, 0.3) is 5.91 Å². The third-order valence-corrected chi connectivity index (χ3v) is 5.37. The summed E-state index contributed by atoms with van der Waals surface area (Å²) in [6, 6.07) is 10.3. The number of benzene rings is 1. The number of anilines is 1. The van der Waals surface area contributed by atoms with Crippen LogP contribution in [0.25, 0.3) is 0 Å². The Kier molecular flexibility index (Phi) is 3.29. The molecule has 0 saturated carbocycles. The highest BCUT2D eigenvalue weighted by molar-refractivity contribution is 6.18. The molecule has 1 aromatic carbocycles. The first-order valence-corrected chi connectivity index (χ1v) is 8.59. The van der Waals surface area contributed by atoms with Crippen molar-refractivity contribution in [3.05, 3.63) is 47.4 Å². The van der Waals surface area contributed by atoms with Crippen LogP contribution < -0.4 is 4.90 Å². The molecule has 130 valence electrons. The number of rotatable bonds is 2. The molecule has 4 rings (SSSR count). The highest BCUT2D eigenvalue weighted by Gasteiger charge is 2.48. The van der Waals surface area contributed by atoms with E-state index in [1.54, 1.807) is 11.9 Å². The van der Waals surface area contributed by atoms with Crippen molar-refractivity contribution in [3.63, 3.8) is 0 Å². The number of carbonyl (C=O) groups is 1. The molecule has 0 spiro atoms. The van der Waals surface area contributed by atoms with Crippen molar-refractivity contribution in [2.24, 2.45) is 4.99 Å². The Labute approximate surface area is 147 Å². The molecule has 1 amide bonds. The predicted molar refractivity (Wildman–Crippen MR) is 98.1 cm³/mol. The number of amides is 1. The molecule has 0 bridgehead atoms. The van der Waals surface area contributed by atoms with Gasteiger partial charge < -0.3 is 4.57 Å². The molecule has 1 unspecified atom stereocenters. The van der Waals surface area contributed by atoms with Crippen LogP contribution in [0.2, 0.25) is 0 Å². The highest BCUT2D eigenvalue weighted by Crippen LogP contribution is 2.38. The zero-order valence-electron chi connectivity index (χ0n) is 15.3. The second-order valence-corrected chi connectivity index (χ2v) is 7.38. The van der Waals surface area contributed by atoms with E-state index in [0.29, 0.717) is 18.2 Å². The van der Waals surface area contributed by atoms with Gasteiger partial charge in [0.2, 0.25) is 5.96 Å². The Balaban J connectivity index is 1.85. The number of aromatic nitrogens is 2. The molecule has 2 aliphatic rings. The Hall–Kier alpha value is -2.63. The van der Waals surface area contributed by atoms with Gasteiger partial charge in [0, 0.05) is 13.6 Å². The van der Waals surface area contributed by atoms with E-state index in [4.69, 9.17) is 9.98 Å². The summed E-state index contributed by atoms with van der Waals surface area (Å²) in [5, 5.41) is 0. The van der Waals surface area contributed by atoms with E-state index in [1.807, 2.05) is 29.7 Å². The number of carbonyl (C=O) groups excluding carboxylic acids is 1. The Morgan fingerprint density at radius 3 is 2.56 bits per heavy atom. The van der Waals surface area contributed by atoms with Crippen LogP contribution in [-0.4, -0.2) is 44.9 Å². The van der Waals surface area contributed by atoms with Crippen LogP contribution >= 0.6 is 0 Å². The number of guanidine groups is 1. The summed E-state index contributed by atoms with van der Waals surface area (Å²) in [4.78, 5) is 26.3. The predicted octanol–water partition coefficient (Wildman–Crippen LogP) is 2.67. The lowest BCUT2D eigenvalue weighted by atomic mass is 9.97. The largest absolute Gasteiger partial charge is 0.318 e. The Morgan fingerprint density at radius 1 is 1.20 bits per heavy atom. The zero-order valence-corrected chi connectivity index (χ0v) is 15.3. The number of hydrogen-bond acceptors (Lipinski definition) is 4. The van der Waals surface area contributed by atoms with Crippen LogP contribution in [0.3, 0.4) is 0 Å². The number of aryl methyl sites for hydroxylation is 1. The summed E-state index contributed by atoms with van der Waals surface area (Å²) in [5.41, 5.74) is 1.53. The monoisotopic (exact) mass is 337 g/mol. The molecule has 1 aromatic heterocycles. The van der Waals surface area contributed by atoms with E-state index in [9.17, 15) is 4.79 Å². The first kappa shape index (κ1) is 15.9. The van der Waals surface area contributed by atoms with Crippen molar-refractivity contribution in [2.75, 3.05) is 11.9 Å². The van der Waals surface area contributed by atoms with Crippen LogP contribution in [-0.2, 0) is 6.54 Å². The maximum absolute atomic E-state index is 13.1. The van der Waals surface area contributed by atoms with Crippen molar-refractivity contribution >= 4 is 17.7 Å². The minimum atomic E-state index is -0.261. The van der Waals surface area contributed by atoms with Gasteiger partial charge in [-0.3, -0.25) is 14.6 Å². The topological polar surface area (TPSA) is 53.7 Å². The van der Waals surface area contributed by atoms with Crippen LogP contribution in [0.4, 0.5) is 5.82 Å². The molecule has 0 N–H and O–H groups in total. The second kappa shape index (κ2) is 5.18. The number of imidazole rings is 1. The second-order valence-electron chi connectivity index (χ2n) is 7.38. The maximum Gasteiger partial charge on any atom is 0.280 e. The zero-order chi connectivity index (χ0) is 17.9. The van der Waals surface area contributed by atoms with Crippen molar-refractivity contribution in [3.8, 4) is 0 Å². The third kappa shape index (κ3) is 2.20. The van der Waals surface area contributed by atoms with Gasteiger partial charge in [0.1, 0.15) is 5.82 Å². The molecular formula is C19H23N5O. The molecule has 25 heavy (non-hydrogen) atoms. The van der Waals surface area contributed by atoms with E-state index in [1.165, 1.54) is 0 Å². The molecule has 3 heterocycles. The molecule has 0 radical (unpaired) electrons.